The van der Waals surface area contributed by atoms with Gasteiger partial charge in [-0.1, -0.05) is 6.07 Å². The van der Waals surface area contributed by atoms with Crippen molar-refractivity contribution < 1.29 is 4.74 Å². The van der Waals surface area contributed by atoms with Gasteiger partial charge in [-0.05, 0) is 31.5 Å². The highest BCUT2D eigenvalue weighted by Gasteiger charge is 2.14. The zero-order valence-corrected chi connectivity index (χ0v) is 8.29. The second kappa shape index (κ2) is 3.26. The van der Waals surface area contributed by atoms with Crippen LogP contribution in [0.15, 0.2) is 18.2 Å². The van der Waals surface area contributed by atoms with Crippen LogP contribution in [0.25, 0.3) is 0 Å². The van der Waals surface area contributed by atoms with Crippen LogP contribution in [0.4, 0.5) is 5.69 Å². The first-order valence-electron chi connectivity index (χ1n) is 4.18. The molecule has 1 aromatic rings. The molecule has 0 unspecified atom stereocenters. The summed E-state index contributed by atoms with van der Waals surface area (Å²) in [7, 11) is 1.60. The molecule has 0 aliphatic heterocycles. The highest BCUT2D eigenvalue weighted by atomic mass is 16.5. The number of methoxy groups -OCH3 is 1. The molecule has 0 saturated heterocycles. The lowest BCUT2D eigenvalue weighted by Crippen LogP contribution is -2.28. The van der Waals surface area contributed by atoms with E-state index in [2.05, 4.69) is 0 Å². The number of nitrogen functional groups attached to an aromatic ring is 1. The van der Waals surface area contributed by atoms with Crippen LogP contribution in [-0.2, 0) is 5.54 Å². The number of anilines is 1. The molecule has 3 heteroatoms. The van der Waals surface area contributed by atoms with Crippen LogP contribution < -0.4 is 16.2 Å². The molecule has 0 aromatic heterocycles. The minimum Gasteiger partial charge on any atom is -0.495 e. The SMILES string of the molecule is COc1ccc(C(C)(C)N)cc1N. The number of nitrogens with two attached hydrogens (primary N) is 2. The Bertz CT molecular complexity index is 302. The minimum atomic E-state index is -0.361. The van der Waals surface area contributed by atoms with Crippen molar-refractivity contribution in [1.82, 2.24) is 0 Å². The van der Waals surface area contributed by atoms with Gasteiger partial charge in [-0.3, -0.25) is 0 Å². The Balaban J connectivity index is 3.10. The molecular weight excluding hydrogens is 164 g/mol. The maximum atomic E-state index is 5.92. The van der Waals surface area contributed by atoms with Crippen LogP contribution in [0.1, 0.15) is 19.4 Å². The van der Waals surface area contributed by atoms with Gasteiger partial charge < -0.3 is 16.2 Å². The molecule has 0 radical (unpaired) electrons. The molecule has 4 N–H and O–H groups in total. The fraction of sp³-hybridized carbons (Fsp3) is 0.400. The van der Waals surface area contributed by atoms with E-state index < -0.39 is 0 Å². The number of rotatable bonds is 2. The van der Waals surface area contributed by atoms with Gasteiger partial charge in [0.1, 0.15) is 5.75 Å². The Morgan fingerprint density at radius 3 is 2.31 bits per heavy atom. The number of hydrogen-bond acceptors (Lipinski definition) is 3. The normalized spacial score (nSPS) is 11.4. The van der Waals surface area contributed by atoms with Crippen LogP contribution in [-0.4, -0.2) is 7.11 Å². The van der Waals surface area contributed by atoms with Crippen molar-refractivity contribution in [1.29, 1.82) is 0 Å². The molecule has 1 aromatic carbocycles. The molecule has 0 fully saturated rings. The minimum absolute atomic E-state index is 0.361. The van der Waals surface area contributed by atoms with Crippen LogP contribution in [0.2, 0.25) is 0 Å². The summed E-state index contributed by atoms with van der Waals surface area (Å²) < 4.78 is 5.05. The summed E-state index contributed by atoms with van der Waals surface area (Å²) in [6.07, 6.45) is 0. The highest BCUT2D eigenvalue weighted by Crippen LogP contribution is 2.26. The second-order valence-corrected chi connectivity index (χ2v) is 3.68. The second-order valence-electron chi connectivity index (χ2n) is 3.68. The lowest BCUT2D eigenvalue weighted by Gasteiger charge is -2.20. The van der Waals surface area contributed by atoms with Crippen LogP contribution >= 0.6 is 0 Å². The lowest BCUT2D eigenvalue weighted by atomic mass is 9.95. The first-order chi connectivity index (χ1) is 5.95. The average molecular weight is 180 g/mol. The first-order valence-corrected chi connectivity index (χ1v) is 4.18. The molecule has 72 valence electrons. The Hall–Kier alpha value is -1.22. The van der Waals surface area contributed by atoms with Crippen molar-refractivity contribution in [3.05, 3.63) is 23.8 Å². The molecule has 0 aliphatic rings. The van der Waals surface area contributed by atoms with Crippen molar-refractivity contribution in [3.8, 4) is 5.75 Å². The Kier molecular flexibility index (Phi) is 2.48. The number of ether oxygens (including phenoxy) is 1. The molecular formula is C10H16N2O. The van der Waals surface area contributed by atoms with Crippen molar-refractivity contribution in [2.24, 2.45) is 5.73 Å². The third-order valence-corrected chi connectivity index (χ3v) is 1.97. The fourth-order valence-corrected chi connectivity index (χ4v) is 1.14. The Morgan fingerprint density at radius 1 is 1.31 bits per heavy atom. The van der Waals surface area contributed by atoms with Crippen molar-refractivity contribution >= 4 is 5.69 Å². The van der Waals surface area contributed by atoms with Gasteiger partial charge >= 0.3 is 0 Å². The lowest BCUT2D eigenvalue weighted by molar-refractivity contribution is 0.416. The quantitative estimate of drug-likeness (QED) is 0.677. The third-order valence-electron chi connectivity index (χ3n) is 1.97. The maximum Gasteiger partial charge on any atom is 0.141 e. The molecule has 0 heterocycles. The molecule has 0 bridgehead atoms. The predicted octanol–water partition coefficient (Wildman–Crippen LogP) is 1.47. The molecule has 3 nitrogen and oxygen atoms in total. The summed E-state index contributed by atoms with van der Waals surface area (Å²) in [5.74, 6) is 0.688. The van der Waals surface area contributed by atoms with E-state index >= 15 is 0 Å². The molecule has 1 rings (SSSR count). The van der Waals surface area contributed by atoms with Crippen LogP contribution in [0, 0.1) is 0 Å². The molecule has 0 atom stereocenters. The third kappa shape index (κ3) is 2.12. The molecule has 13 heavy (non-hydrogen) atoms. The van der Waals surface area contributed by atoms with Crippen LogP contribution in [0.5, 0.6) is 5.75 Å². The van der Waals surface area contributed by atoms with Crippen molar-refractivity contribution in [2.45, 2.75) is 19.4 Å². The fourth-order valence-electron chi connectivity index (χ4n) is 1.14. The average Bonchev–Trinajstić information content (AvgIpc) is 2.02. The predicted molar refractivity (Wildman–Crippen MR) is 54.6 cm³/mol. The van der Waals surface area contributed by atoms with Gasteiger partial charge in [0.15, 0.2) is 0 Å². The topological polar surface area (TPSA) is 61.3 Å². The summed E-state index contributed by atoms with van der Waals surface area (Å²) >= 11 is 0. The van der Waals surface area contributed by atoms with E-state index in [9.17, 15) is 0 Å². The van der Waals surface area contributed by atoms with E-state index in [0.717, 1.165) is 5.56 Å². The van der Waals surface area contributed by atoms with E-state index in [-0.39, 0.29) is 5.54 Å². The molecule has 0 saturated carbocycles. The van der Waals surface area contributed by atoms with E-state index in [1.807, 2.05) is 32.0 Å². The molecule has 0 amide bonds. The summed E-state index contributed by atoms with van der Waals surface area (Å²) in [5, 5.41) is 0. The monoisotopic (exact) mass is 180 g/mol. The van der Waals surface area contributed by atoms with E-state index in [0.29, 0.717) is 11.4 Å². The Morgan fingerprint density at radius 2 is 1.92 bits per heavy atom. The van der Waals surface area contributed by atoms with E-state index in [1.54, 1.807) is 7.11 Å². The number of hydrogen-bond donors (Lipinski definition) is 2. The largest absolute Gasteiger partial charge is 0.495 e. The van der Waals surface area contributed by atoms with Gasteiger partial charge in [-0.2, -0.15) is 0 Å². The summed E-state index contributed by atoms with van der Waals surface area (Å²) in [5.41, 5.74) is 12.9. The van der Waals surface area contributed by atoms with Crippen molar-refractivity contribution in [2.75, 3.05) is 12.8 Å². The zero-order chi connectivity index (χ0) is 10.1. The summed E-state index contributed by atoms with van der Waals surface area (Å²) in [6, 6.07) is 5.60. The molecule has 0 spiro atoms. The first kappa shape index (κ1) is 9.86. The Labute approximate surface area is 78.7 Å². The molecule has 0 aliphatic carbocycles. The van der Waals surface area contributed by atoms with Gasteiger partial charge in [-0.15, -0.1) is 0 Å². The zero-order valence-electron chi connectivity index (χ0n) is 8.29. The van der Waals surface area contributed by atoms with Crippen molar-refractivity contribution in [3.63, 3.8) is 0 Å². The summed E-state index contributed by atoms with van der Waals surface area (Å²) in [4.78, 5) is 0. The van der Waals surface area contributed by atoms with Gasteiger partial charge in [-0.25, -0.2) is 0 Å². The van der Waals surface area contributed by atoms with E-state index in [4.69, 9.17) is 16.2 Å². The van der Waals surface area contributed by atoms with Gasteiger partial charge in [0.05, 0.1) is 12.8 Å². The highest BCUT2D eigenvalue weighted by molar-refractivity contribution is 5.55. The van der Waals surface area contributed by atoms with E-state index in [1.165, 1.54) is 0 Å². The number of benzene rings is 1. The summed E-state index contributed by atoms with van der Waals surface area (Å²) in [6.45, 7) is 3.88. The van der Waals surface area contributed by atoms with Gasteiger partial charge in [0.25, 0.3) is 0 Å². The van der Waals surface area contributed by atoms with Crippen LogP contribution in [0.3, 0.4) is 0 Å². The smallest absolute Gasteiger partial charge is 0.141 e. The van der Waals surface area contributed by atoms with Gasteiger partial charge in [0, 0.05) is 5.54 Å². The van der Waals surface area contributed by atoms with Gasteiger partial charge in [0.2, 0.25) is 0 Å². The maximum absolute atomic E-state index is 5.92. The standard InChI is InChI=1S/C10H16N2O/c1-10(2,12)7-4-5-9(13-3)8(11)6-7/h4-6H,11-12H2,1-3H3.